The molecule has 0 saturated carbocycles. The number of methoxy groups -OCH3 is 2. The van der Waals surface area contributed by atoms with Crippen molar-refractivity contribution >= 4 is 45.8 Å². The van der Waals surface area contributed by atoms with Gasteiger partial charge in [-0.3, -0.25) is 14.5 Å². The average Bonchev–Trinajstić information content (AvgIpc) is 2.86. The molecule has 0 radical (unpaired) electrons. The highest BCUT2D eigenvalue weighted by atomic mass is 32.2. The molecule has 0 bridgehead atoms. The highest BCUT2D eigenvalue weighted by molar-refractivity contribution is 8.24. The molecule has 2 amide bonds. The number of hydrogen-bond donors (Lipinski definition) is 1. The van der Waals surface area contributed by atoms with Crippen molar-refractivity contribution in [1.82, 2.24) is 4.90 Å². The van der Waals surface area contributed by atoms with Gasteiger partial charge >= 0.3 is 0 Å². The zero-order valence-corrected chi connectivity index (χ0v) is 15.5. The molecule has 1 unspecified atom stereocenters. The molecule has 130 valence electrons. The molecule has 0 aliphatic carbocycles. The van der Waals surface area contributed by atoms with Gasteiger partial charge in [-0.2, -0.15) is 0 Å². The van der Waals surface area contributed by atoms with Crippen LogP contribution in [0.2, 0.25) is 0 Å². The van der Waals surface area contributed by atoms with Crippen LogP contribution in [0.3, 0.4) is 0 Å². The molecule has 1 aromatic carbocycles. The summed E-state index contributed by atoms with van der Waals surface area (Å²) < 4.78 is 10.9. The number of thiocarbonyl (C=S) groups is 1. The van der Waals surface area contributed by atoms with Crippen LogP contribution in [0.15, 0.2) is 18.2 Å². The lowest BCUT2D eigenvalue weighted by Gasteiger charge is -2.16. The number of carbonyl (C=O) groups excluding carboxylic acids is 2. The van der Waals surface area contributed by atoms with E-state index in [9.17, 15) is 9.59 Å². The Morgan fingerprint density at radius 2 is 2.12 bits per heavy atom. The van der Waals surface area contributed by atoms with Crippen LogP contribution < -0.4 is 14.8 Å². The minimum atomic E-state index is -0.209. The van der Waals surface area contributed by atoms with Crippen molar-refractivity contribution in [1.29, 1.82) is 0 Å². The first-order valence-corrected chi connectivity index (χ1v) is 8.82. The molecular formula is C16H20N2O4S2. The van der Waals surface area contributed by atoms with Crippen LogP contribution in [0, 0.1) is 0 Å². The van der Waals surface area contributed by atoms with Crippen LogP contribution in [0.1, 0.15) is 19.8 Å². The molecule has 1 N–H and O–H groups in total. The van der Waals surface area contributed by atoms with Gasteiger partial charge in [-0.05, 0) is 18.6 Å². The Balaban J connectivity index is 1.94. The van der Waals surface area contributed by atoms with Crippen LogP contribution in [-0.2, 0) is 9.59 Å². The first-order valence-electron chi connectivity index (χ1n) is 7.54. The molecule has 0 aromatic heterocycles. The summed E-state index contributed by atoms with van der Waals surface area (Å²) in [7, 11) is 3.08. The first kappa shape index (κ1) is 18.5. The second-order valence-corrected chi connectivity index (χ2v) is 6.97. The fraction of sp³-hybridized carbons (Fsp3) is 0.438. The topological polar surface area (TPSA) is 67.9 Å². The molecule has 6 nitrogen and oxygen atoms in total. The SMILES string of the molecule is CCC1SC(=S)N(CCC(=O)Nc2ccc(OC)cc2OC)C1=O. The van der Waals surface area contributed by atoms with Crippen molar-refractivity contribution in [2.45, 2.75) is 25.0 Å². The number of ether oxygens (including phenoxy) is 2. The van der Waals surface area contributed by atoms with Crippen LogP contribution in [-0.4, -0.2) is 47.0 Å². The van der Waals surface area contributed by atoms with E-state index in [0.717, 1.165) is 6.42 Å². The van der Waals surface area contributed by atoms with Gasteiger partial charge in [0, 0.05) is 19.0 Å². The minimum absolute atomic E-state index is 0.0117. The van der Waals surface area contributed by atoms with Gasteiger partial charge in [0.25, 0.3) is 0 Å². The Morgan fingerprint density at radius 1 is 1.38 bits per heavy atom. The lowest BCUT2D eigenvalue weighted by molar-refractivity contribution is -0.126. The van der Waals surface area contributed by atoms with Gasteiger partial charge in [-0.1, -0.05) is 30.9 Å². The fourth-order valence-electron chi connectivity index (χ4n) is 2.29. The summed E-state index contributed by atoms with van der Waals surface area (Å²) in [5.74, 6) is 0.930. The summed E-state index contributed by atoms with van der Waals surface area (Å²) in [6.07, 6.45) is 0.896. The summed E-state index contributed by atoms with van der Waals surface area (Å²) in [4.78, 5) is 25.8. The van der Waals surface area contributed by atoms with Gasteiger partial charge in [0.2, 0.25) is 11.8 Å². The number of thioether (sulfide) groups is 1. The molecule has 1 aromatic rings. The Hall–Kier alpha value is -1.80. The molecule has 0 spiro atoms. The van der Waals surface area contributed by atoms with Crippen LogP contribution >= 0.6 is 24.0 Å². The van der Waals surface area contributed by atoms with E-state index in [1.807, 2.05) is 6.92 Å². The van der Waals surface area contributed by atoms with E-state index in [-0.39, 0.29) is 30.0 Å². The highest BCUT2D eigenvalue weighted by Crippen LogP contribution is 2.30. The third kappa shape index (κ3) is 4.18. The van der Waals surface area contributed by atoms with E-state index in [0.29, 0.717) is 21.5 Å². The third-order valence-electron chi connectivity index (χ3n) is 3.62. The van der Waals surface area contributed by atoms with Crippen molar-refractivity contribution in [2.24, 2.45) is 0 Å². The number of rotatable bonds is 7. The zero-order chi connectivity index (χ0) is 17.7. The van der Waals surface area contributed by atoms with Gasteiger partial charge in [0.05, 0.1) is 25.2 Å². The zero-order valence-electron chi connectivity index (χ0n) is 13.8. The number of carbonyl (C=O) groups is 2. The molecule has 1 aliphatic rings. The van der Waals surface area contributed by atoms with Crippen molar-refractivity contribution < 1.29 is 19.1 Å². The van der Waals surface area contributed by atoms with Crippen molar-refractivity contribution in [3.63, 3.8) is 0 Å². The number of amides is 2. The van der Waals surface area contributed by atoms with Crippen LogP contribution in [0.5, 0.6) is 11.5 Å². The van der Waals surface area contributed by atoms with Gasteiger partial charge in [0.1, 0.15) is 15.8 Å². The van der Waals surface area contributed by atoms with Crippen LogP contribution in [0.4, 0.5) is 5.69 Å². The lowest BCUT2D eigenvalue weighted by atomic mass is 10.2. The molecule has 2 rings (SSSR count). The quantitative estimate of drug-likeness (QED) is 0.747. The minimum Gasteiger partial charge on any atom is -0.497 e. The van der Waals surface area contributed by atoms with Gasteiger partial charge in [0.15, 0.2) is 0 Å². The van der Waals surface area contributed by atoms with Crippen molar-refractivity contribution in [3.8, 4) is 11.5 Å². The first-order chi connectivity index (χ1) is 11.5. The number of anilines is 1. The van der Waals surface area contributed by atoms with E-state index in [4.69, 9.17) is 21.7 Å². The number of benzene rings is 1. The van der Waals surface area contributed by atoms with Gasteiger partial charge in [-0.15, -0.1) is 0 Å². The van der Waals surface area contributed by atoms with E-state index >= 15 is 0 Å². The lowest BCUT2D eigenvalue weighted by Crippen LogP contribution is -2.34. The van der Waals surface area contributed by atoms with Crippen molar-refractivity contribution in [3.05, 3.63) is 18.2 Å². The van der Waals surface area contributed by atoms with E-state index < -0.39 is 0 Å². The summed E-state index contributed by atoms with van der Waals surface area (Å²) >= 11 is 6.60. The number of nitrogens with zero attached hydrogens (tertiary/aromatic N) is 1. The predicted molar refractivity (Wildman–Crippen MR) is 98.8 cm³/mol. The normalized spacial score (nSPS) is 17.1. The molecule has 1 fully saturated rings. The fourth-order valence-corrected chi connectivity index (χ4v) is 3.76. The van der Waals surface area contributed by atoms with E-state index in [1.165, 1.54) is 23.8 Å². The Morgan fingerprint density at radius 3 is 2.71 bits per heavy atom. The molecule has 1 heterocycles. The highest BCUT2D eigenvalue weighted by Gasteiger charge is 2.35. The Bertz CT molecular complexity index is 651. The van der Waals surface area contributed by atoms with Crippen molar-refractivity contribution in [2.75, 3.05) is 26.1 Å². The maximum absolute atomic E-state index is 12.2. The molecule has 1 aliphatic heterocycles. The summed E-state index contributed by atoms with van der Waals surface area (Å²) in [6, 6.07) is 5.14. The largest absolute Gasteiger partial charge is 0.497 e. The summed E-state index contributed by atoms with van der Waals surface area (Å²) in [5.41, 5.74) is 0.555. The van der Waals surface area contributed by atoms with Gasteiger partial charge in [-0.25, -0.2) is 0 Å². The standard InChI is InChI=1S/C16H20N2O4S2/c1-4-13-15(20)18(16(23)24-13)8-7-14(19)17-11-6-5-10(21-2)9-12(11)22-3/h5-6,9,13H,4,7-8H2,1-3H3,(H,17,19). The maximum Gasteiger partial charge on any atom is 0.241 e. The second-order valence-electron chi connectivity index (χ2n) is 5.13. The monoisotopic (exact) mass is 368 g/mol. The smallest absolute Gasteiger partial charge is 0.241 e. The molecular weight excluding hydrogens is 348 g/mol. The Labute approximate surface area is 150 Å². The second kappa shape index (κ2) is 8.34. The van der Waals surface area contributed by atoms with Gasteiger partial charge < -0.3 is 14.8 Å². The van der Waals surface area contributed by atoms with E-state index in [2.05, 4.69) is 5.32 Å². The van der Waals surface area contributed by atoms with Crippen LogP contribution in [0.25, 0.3) is 0 Å². The molecule has 1 atom stereocenters. The predicted octanol–water partition coefficient (Wildman–Crippen LogP) is 2.67. The average molecular weight is 368 g/mol. The summed E-state index contributed by atoms with van der Waals surface area (Å²) in [5, 5.41) is 2.66. The summed E-state index contributed by atoms with van der Waals surface area (Å²) in [6.45, 7) is 2.23. The molecule has 8 heteroatoms. The third-order valence-corrected chi connectivity index (χ3v) is 5.37. The number of nitrogens with one attached hydrogen (secondary N) is 1. The molecule has 24 heavy (non-hydrogen) atoms. The Kier molecular flexibility index (Phi) is 6.44. The maximum atomic E-state index is 12.2. The van der Waals surface area contributed by atoms with E-state index in [1.54, 1.807) is 25.3 Å². The number of hydrogen-bond acceptors (Lipinski definition) is 6. The molecule has 1 saturated heterocycles.